The highest BCUT2D eigenvalue weighted by Gasteiger charge is 2.42. The van der Waals surface area contributed by atoms with Crippen LogP contribution in [-0.4, -0.2) is 51.8 Å². The Balaban J connectivity index is 1.59. The van der Waals surface area contributed by atoms with Crippen LogP contribution in [0.15, 0.2) is 22.6 Å². The van der Waals surface area contributed by atoms with E-state index in [0.29, 0.717) is 28.6 Å². The summed E-state index contributed by atoms with van der Waals surface area (Å²) in [6.07, 6.45) is -0.735. The summed E-state index contributed by atoms with van der Waals surface area (Å²) in [5, 5.41) is 12.3. The summed E-state index contributed by atoms with van der Waals surface area (Å²) in [6.45, 7) is 8.53. The van der Waals surface area contributed by atoms with Gasteiger partial charge < -0.3 is 19.2 Å². The van der Waals surface area contributed by atoms with Gasteiger partial charge in [0.25, 0.3) is 5.89 Å². The Kier molecular flexibility index (Phi) is 7.18. The molecule has 0 unspecified atom stereocenters. The molecule has 2 heterocycles. The van der Waals surface area contributed by atoms with Crippen LogP contribution in [0.3, 0.4) is 0 Å². The van der Waals surface area contributed by atoms with Gasteiger partial charge in [0.05, 0.1) is 17.1 Å². The third kappa shape index (κ3) is 6.05. The van der Waals surface area contributed by atoms with Gasteiger partial charge in [-0.3, -0.25) is 0 Å². The number of rotatable bonds is 8. The van der Waals surface area contributed by atoms with E-state index in [-0.39, 0.29) is 23.3 Å². The van der Waals surface area contributed by atoms with Gasteiger partial charge in [0.1, 0.15) is 11.4 Å². The van der Waals surface area contributed by atoms with Crippen LogP contribution in [0.25, 0.3) is 22.5 Å². The predicted molar refractivity (Wildman–Crippen MR) is 135 cm³/mol. The number of nitrogens with one attached hydrogen (secondary N) is 1. The first kappa shape index (κ1) is 26.5. The minimum absolute atomic E-state index is 0.146. The second-order valence-electron chi connectivity index (χ2n) is 10.5. The smallest absolute Gasteiger partial charge is 0.422 e. The summed E-state index contributed by atoms with van der Waals surface area (Å²) in [6, 6.07) is 5.50. The Hall–Kier alpha value is -2.53. The van der Waals surface area contributed by atoms with Gasteiger partial charge in [0.15, 0.2) is 6.61 Å². The van der Waals surface area contributed by atoms with Gasteiger partial charge in [-0.25, -0.2) is 4.98 Å². The number of fused-ring (bicyclic) bond motifs is 1. The van der Waals surface area contributed by atoms with Gasteiger partial charge in [-0.1, -0.05) is 25.9 Å². The number of ether oxygens (including phenoxy) is 2. The molecule has 36 heavy (non-hydrogen) atoms. The van der Waals surface area contributed by atoms with E-state index >= 15 is 0 Å². The third-order valence-corrected chi connectivity index (χ3v) is 6.51. The second-order valence-corrected chi connectivity index (χ2v) is 11.3. The van der Waals surface area contributed by atoms with Crippen molar-refractivity contribution >= 4 is 28.7 Å². The molecular weight excluding hydrogens is 493 g/mol. The minimum atomic E-state index is -4.42. The number of alkyl halides is 3. The number of pyridine rings is 1. The lowest BCUT2D eigenvalue weighted by Crippen LogP contribution is -2.50. The van der Waals surface area contributed by atoms with Crippen molar-refractivity contribution in [3.63, 3.8) is 0 Å². The second kappa shape index (κ2) is 9.74. The van der Waals surface area contributed by atoms with Crippen molar-refractivity contribution in [1.29, 1.82) is 0 Å². The zero-order valence-electron chi connectivity index (χ0n) is 21.2. The molecule has 4 rings (SSSR count). The molecule has 2 aromatic heterocycles. The molecule has 1 aliphatic rings. The van der Waals surface area contributed by atoms with Gasteiger partial charge in [0.2, 0.25) is 0 Å². The Bertz CT molecular complexity index is 1230. The van der Waals surface area contributed by atoms with E-state index in [0.717, 1.165) is 24.0 Å². The van der Waals surface area contributed by atoms with E-state index < -0.39 is 18.2 Å². The van der Waals surface area contributed by atoms with Crippen LogP contribution < -0.4 is 10.1 Å². The first-order valence-electron chi connectivity index (χ1n) is 11.7. The molecular formula is C25H31F3N4O3S. The summed E-state index contributed by atoms with van der Waals surface area (Å²) in [7, 11) is 0. The average molecular weight is 525 g/mol. The third-order valence-electron chi connectivity index (χ3n) is 6.16. The summed E-state index contributed by atoms with van der Waals surface area (Å²) >= 11 is 1.65. The SMILES string of the molecule is CSCOC1(C)CC(Nc2nnc(-c3cc(C)c4cc(OCC(F)(F)F)cc(C(C)(C)C)c4n3)o2)C1. The van der Waals surface area contributed by atoms with Crippen molar-refractivity contribution in [3.05, 3.63) is 29.3 Å². The number of aryl methyl sites for hydroxylation is 1. The van der Waals surface area contributed by atoms with Crippen molar-refractivity contribution in [2.24, 2.45) is 0 Å². The topological polar surface area (TPSA) is 82.3 Å². The molecule has 1 fully saturated rings. The van der Waals surface area contributed by atoms with E-state index in [4.69, 9.17) is 18.9 Å². The predicted octanol–water partition coefficient (Wildman–Crippen LogP) is 6.50. The maximum absolute atomic E-state index is 12.7. The van der Waals surface area contributed by atoms with Crippen molar-refractivity contribution < 1.29 is 27.1 Å². The molecule has 11 heteroatoms. The number of halogens is 3. The van der Waals surface area contributed by atoms with Crippen molar-refractivity contribution in [1.82, 2.24) is 15.2 Å². The minimum Gasteiger partial charge on any atom is -0.484 e. The van der Waals surface area contributed by atoms with E-state index in [1.807, 2.05) is 34.0 Å². The molecule has 0 spiro atoms. The number of aromatic nitrogens is 3. The van der Waals surface area contributed by atoms with Crippen LogP contribution in [0, 0.1) is 6.92 Å². The van der Waals surface area contributed by atoms with Gasteiger partial charge >= 0.3 is 12.2 Å². The Labute approximate surface area is 212 Å². The van der Waals surface area contributed by atoms with Crippen LogP contribution in [0.5, 0.6) is 5.75 Å². The number of anilines is 1. The zero-order chi connectivity index (χ0) is 26.3. The Morgan fingerprint density at radius 3 is 2.53 bits per heavy atom. The molecule has 1 aliphatic carbocycles. The number of benzene rings is 1. The molecule has 3 aromatic rings. The fourth-order valence-corrected chi connectivity index (χ4v) is 4.76. The molecule has 0 radical (unpaired) electrons. The fraction of sp³-hybridized carbons (Fsp3) is 0.560. The molecule has 0 amide bonds. The number of thioether (sulfide) groups is 1. The molecule has 1 aromatic carbocycles. The summed E-state index contributed by atoms with van der Waals surface area (Å²) < 4.78 is 55.0. The van der Waals surface area contributed by atoms with Crippen molar-refractivity contribution in [2.45, 2.75) is 70.7 Å². The fourth-order valence-electron chi connectivity index (χ4n) is 4.36. The highest BCUT2D eigenvalue weighted by Crippen LogP contribution is 2.39. The Morgan fingerprint density at radius 1 is 1.17 bits per heavy atom. The highest BCUT2D eigenvalue weighted by molar-refractivity contribution is 7.98. The van der Waals surface area contributed by atoms with E-state index in [2.05, 4.69) is 22.4 Å². The quantitative estimate of drug-likeness (QED) is 0.334. The molecule has 0 saturated heterocycles. The van der Waals surface area contributed by atoms with Crippen LogP contribution in [0.4, 0.5) is 19.2 Å². The lowest BCUT2D eigenvalue weighted by molar-refractivity contribution is -0.153. The first-order chi connectivity index (χ1) is 16.8. The van der Waals surface area contributed by atoms with Crippen molar-refractivity contribution in [3.8, 4) is 17.3 Å². The van der Waals surface area contributed by atoms with Crippen LogP contribution >= 0.6 is 11.8 Å². The molecule has 1 saturated carbocycles. The summed E-state index contributed by atoms with van der Waals surface area (Å²) in [5.41, 5.74) is 2.18. The molecule has 0 bridgehead atoms. The summed E-state index contributed by atoms with van der Waals surface area (Å²) in [5.74, 6) is 1.08. The first-order valence-corrected chi connectivity index (χ1v) is 13.0. The van der Waals surface area contributed by atoms with Gasteiger partial charge in [-0.15, -0.1) is 16.9 Å². The largest absolute Gasteiger partial charge is 0.484 e. The molecule has 0 aliphatic heterocycles. The van der Waals surface area contributed by atoms with Crippen LogP contribution in [0.1, 0.15) is 51.7 Å². The zero-order valence-corrected chi connectivity index (χ0v) is 22.1. The van der Waals surface area contributed by atoms with Gasteiger partial charge in [-0.2, -0.15) is 13.2 Å². The number of hydrogen-bond acceptors (Lipinski definition) is 8. The van der Waals surface area contributed by atoms with Gasteiger partial charge in [0, 0.05) is 11.4 Å². The Morgan fingerprint density at radius 2 is 1.89 bits per heavy atom. The molecule has 0 atom stereocenters. The maximum atomic E-state index is 12.7. The van der Waals surface area contributed by atoms with Crippen LogP contribution in [-0.2, 0) is 10.2 Å². The molecule has 196 valence electrons. The van der Waals surface area contributed by atoms with E-state index in [9.17, 15) is 13.2 Å². The molecule has 7 nitrogen and oxygen atoms in total. The lowest BCUT2D eigenvalue weighted by atomic mass is 9.77. The normalized spacial score (nSPS) is 20.4. The number of hydrogen-bond donors (Lipinski definition) is 1. The highest BCUT2D eigenvalue weighted by atomic mass is 32.2. The summed E-state index contributed by atoms with van der Waals surface area (Å²) in [4.78, 5) is 4.78. The maximum Gasteiger partial charge on any atom is 0.422 e. The standard InChI is InChI=1S/C25H31F3N4O3S/c1-14-7-19(21-31-32-22(35-21)29-15-10-24(5,11-15)34-13-36-6)30-20-17(14)8-16(33-12-25(26,27)28)9-18(20)23(2,3)4/h7-9,15H,10-13H2,1-6H3,(H,29,32). The van der Waals surface area contributed by atoms with Crippen LogP contribution in [0.2, 0.25) is 0 Å². The average Bonchev–Trinajstić information content (AvgIpc) is 3.22. The lowest BCUT2D eigenvalue weighted by Gasteiger charge is -2.44. The molecule has 1 N–H and O–H groups in total. The monoisotopic (exact) mass is 524 g/mol. The van der Waals surface area contributed by atoms with Gasteiger partial charge in [-0.05, 0) is 67.7 Å². The van der Waals surface area contributed by atoms with Crippen molar-refractivity contribution in [2.75, 3.05) is 24.1 Å². The van der Waals surface area contributed by atoms with E-state index in [1.54, 1.807) is 30.0 Å². The number of nitrogens with zero attached hydrogens (tertiary/aromatic N) is 3. The van der Waals surface area contributed by atoms with E-state index in [1.165, 1.54) is 0 Å².